The molecule has 3 amide bonds. The third-order valence-electron chi connectivity index (χ3n) is 4.27. The van der Waals surface area contributed by atoms with Crippen LogP contribution in [0, 0.1) is 0 Å². The van der Waals surface area contributed by atoms with Crippen LogP contribution in [0.2, 0.25) is 0 Å². The highest BCUT2D eigenvalue weighted by Gasteiger charge is 2.41. The summed E-state index contributed by atoms with van der Waals surface area (Å²) in [7, 11) is -2.87. The fourth-order valence-electron chi connectivity index (χ4n) is 3.21. The number of anilines is 1. The number of piperidine rings is 1. The standard InChI is InChI=1S/C15H11N3O5S/c19-11-5-4-9(14(20)17-11)18-13-12-7(10(6-16-13)24(22)23)2-1-3-8(12)15(18)21/h1-3,6,9,24H,4-5H2,(H,17,19,20). The summed E-state index contributed by atoms with van der Waals surface area (Å²) in [6, 6.07) is 3.93. The van der Waals surface area contributed by atoms with Gasteiger partial charge in [0.1, 0.15) is 11.9 Å². The van der Waals surface area contributed by atoms with E-state index in [0.717, 1.165) is 0 Å². The molecule has 1 atom stereocenters. The molecule has 3 heterocycles. The minimum atomic E-state index is -2.87. The average Bonchev–Trinajstić information content (AvgIpc) is 2.82. The number of hydrogen-bond acceptors (Lipinski definition) is 6. The number of benzene rings is 1. The molecule has 4 rings (SSSR count). The molecule has 1 unspecified atom stereocenters. The lowest BCUT2D eigenvalue weighted by Crippen LogP contribution is -2.53. The Labute approximate surface area is 137 Å². The van der Waals surface area contributed by atoms with E-state index in [0.29, 0.717) is 16.3 Å². The summed E-state index contributed by atoms with van der Waals surface area (Å²) >= 11 is 0. The first-order valence-electron chi connectivity index (χ1n) is 7.22. The lowest BCUT2D eigenvalue weighted by atomic mass is 10.0. The highest BCUT2D eigenvalue weighted by atomic mass is 32.2. The molecule has 1 aromatic carbocycles. The Bertz CT molecular complexity index is 1010. The Balaban J connectivity index is 1.92. The van der Waals surface area contributed by atoms with Crippen LogP contribution in [-0.2, 0) is 20.3 Å². The summed E-state index contributed by atoms with van der Waals surface area (Å²) in [6.07, 6.45) is 1.51. The monoisotopic (exact) mass is 345 g/mol. The van der Waals surface area contributed by atoms with Gasteiger partial charge < -0.3 is 0 Å². The second-order valence-electron chi connectivity index (χ2n) is 5.59. The predicted molar refractivity (Wildman–Crippen MR) is 83.3 cm³/mol. The summed E-state index contributed by atoms with van der Waals surface area (Å²) in [5, 5.41) is 3.04. The number of amides is 3. The minimum Gasteiger partial charge on any atom is -0.295 e. The summed E-state index contributed by atoms with van der Waals surface area (Å²) < 4.78 is 22.8. The van der Waals surface area contributed by atoms with E-state index in [1.54, 1.807) is 18.2 Å². The Hall–Kier alpha value is -2.81. The maximum absolute atomic E-state index is 12.8. The second kappa shape index (κ2) is 5.10. The highest BCUT2D eigenvalue weighted by Crippen LogP contribution is 2.39. The maximum Gasteiger partial charge on any atom is 0.260 e. The van der Waals surface area contributed by atoms with Crippen molar-refractivity contribution >= 4 is 45.0 Å². The van der Waals surface area contributed by atoms with Crippen molar-refractivity contribution < 1.29 is 22.8 Å². The Kier molecular flexibility index (Phi) is 3.14. The molecule has 1 fully saturated rings. The second-order valence-corrected chi connectivity index (χ2v) is 6.59. The lowest BCUT2D eigenvalue weighted by Gasteiger charge is -2.29. The first-order chi connectivity index (χ1) is 11.5. The van der Waals surface area contributed by atoms with Crippen molar-refractivity contribution in [1.82, 2.24) is 10.3 Å². The Morgan fingerprint density at radius 2 is 2.00 bits per heavy atom. The normalized spacial score (nSPS) is 20.1. The van der Waals surface area contributed by atoms with Crippen LogP contribution in [0.5, 0.6) is 0 Å². The molecule has 1 N–H and O–H groups in total. The van der Waals surface area contributed by atoms with E-state index >= 15 is 0 Å². The molecular weight excluding hydrogens is 334 g/mol. The Morgan fingerprint density at radius 3 is 2.71 bits per heavy atom. The van der Waals surface area contributed by atoms with E-state index in [-0.39, 0.29) is 29.5 Å². The zero-order valence-electron chi connectivity index (χ0n) is 12.2. The third kappa shape index (κ3) is 1.94. The molecule has 0 saturated carbocycles. The molecule has 1 aromatic heterocycles. The number of aromatic nitrogens is 1. The number of pyridine rings is 1. The van der Waals surface area contributed by atoms with Gasteiger partial charge in [-0.1, -0.05) is 12.1 Å². The van der Waals surface area contributed by atoms with Crippen LogP contribution in [-0.4, -0.2) is 37.2 Å². The van der Waals surface area contributed by atoms with Gasteiger partial charge in [0.05, 0.1) is 10.5 Å². The number of imide groups is 1. The van der Waals surface area contributed by atoms with Crippen LogP contribution in [0.3, 0.4) is 0 Å². The van der Waals surface area contributed by atoms with Crippen molar-refractivity contribution in [2.45, 2.75) is 23.8 Å². The van der Waals surface area contributed by atoms with E-state index < -0.39 is 28.6 Å². The van der Waals surface area contributed by atoms with Gasteiger partial charge in [-0.25, -0.2) is 13.4 Å². The van der Waals surface area contributed by atoms with Gasteiger partial charge >= 0.3 is 0 Å². The van der Waals surface area contributed by atoms with Crippen molar-refractivity contribution in [1.29, 1.82) is 0 Å². The maximum atomic E-state index is 12.8. The lowest BCUT2D eigenvalue weighted by molar-refractivity contribution is -0.134. The van der Waals surface area contributed by atoms with Crippen LogP contribution >= 0.6 is 0 Å². The van der Waals surface area contributed by atoms with Crippen LogP contribution in [0.25, 0.3) is 10.8 Å². The molecular formula is C15H11N3O5S. The zero-order valence-corrected chi connectivity index (χ0v) is 13.1. The Morgan fingerprint density at radius 1 is 1.21 bits per heavy atom. The van der Waals surface area contributed by atoms with Crippen LogP contribution in [0.15, 0.2) is 29.3 Å². The van der Waals surface area contributed by atoms with Gasteiger partial charge in [-0.05, 0) is 12.5 Å². The van der Waals surface area contributed by atoms with E-state index in [1.165, 1.54) is 11.1 Å². The van der Waals surface area contributed by atoms with E-state index in [9.17, 15) is 22.8 Å². The van der Waals surface area contributed by atoms with Crippen molar-refractivity contribution in [3.05, 3.63) is 30.0 Å². The molecule has 2 aliphatic heterocycles. The number of carbonyl (C=O) groups is 3. The number of rotatable bonds is 2. The third-order valence-corrected chi connectivity index (χ3v) is 5.02. The number of nitrogens with one attached hydrogen (secondary N) is 1. The van der Waals surface area contributed by atoms with Gasteiger partial charge in [-0.15, -0.1) is 0 Å². The van der Waals surface area contributed by atoms with Gasteiger partial charge in [-0.2, -0.15) is 0 Å². The van der Waals surface area contributed by atoms with Gasteiger partial charge in [0.15, 0.2) is 10.7 Å². The number of nitrogens with zero attached hydrogens (tertiary/aromatic N) is 2. The molecule has 122 valence electrons. The van der Waals surface area contributed by atoms with Crippen molar-refractivity contribution in [2.75, 3.05) is 4.90 Å². The first-order valence-corrected chi connectivity index (χ1v) is 8.40. The molecule has 9 heteroatoms. The van der Waals surface area contributed by atoms with E-state index in [2.05, 4.69) is 10.3 Å². The molecule has 0 aliphatic carbocycles. The fraction of sp³-hybridized carbons (Fsp3) is 0.200. The van der Waals surface area contributed by atoms with Gasteiger partial charge in [0.25, 0.3) is 5.91 Å². The predicted octanol–water partition coefficient (Wildman–Crippen LogP) is -0.0295. The van der Waals surface area contributed by atoms with Crippen LogP contribution in [0.4, 0.5) is 5.82 Å². The highest BCUT2D eigenvalue weighted by molar-refractivity contribution is 7.72. The summed E-state index contributed by atoms with van der Waals surface area (Å²) in [5.41, 5.74) is 0.304. The molecule has 24 heavy (non-hydrogen) atoms. The van der Waals surface area contributed by atoms with Gasteiger partial charge in [-0.3, -0.25) is 24.6 Å². The summed E-state index contributed by atoms with van der Waals surface area (Å²) in [5.74, 6) is -1.10. The van der Waals surface area contributed by atoms with Gasteiger partial charge in [0, 0.05) is 23.4 Å². The minimum absolute atomic E-state index is 0.0310. The van der Waals surface area contributed by atoms with Crippen LogP contribution in [0.1, 0.15) is 23.2 Å². The zero-order chi connectivity index (χ0) is 17.0. The molecule has 2 aromatic rings. The van der Waals surface area contributed by atoms with Gasteiger partial charge in [0.2, 0.25) is 11.8 Å². The number of carbonyl (C=O) groups excluding carboxylic acids is 3. The molecule has 8 nitrogen and oxygen atoms in total. The molecule has 1 saturated heterocycles. The largest absolute Gasteiger partial charge is 0.295 e. The fourth-order valence-corrected chi connectivity index (χ4v) is 3.75. The van der Waals surface area contributed by atoms with Crippen molar-refractivity contribution in [3.63, 3.8) is 0 Å². The topological polar surface area (TPSA) is 114 Å². The number of hydrogen-bond donors (Lipinski definition) is 2. The average molecular weight is 345 g/mol. The van der Waals surface area contributed by atoms with Crippen LogP contribution < -0.4 is 10.2 Å². The molecule has 0 radical (unpaired) electrons. The van der Waals surface area contributed by atoms with E-state index in [4.69, 9.17) is 0 Å². The SMILES string of the molecule is O=C1CCC(N2C(=O)c3cccc4c([SH](=O)=O)cnc2c34)C(=O)N1. The smallest absolute Gasteiger partial charge is 0.260 e. The summed E-state index contributed by atoms with van der Waals surface area (Å²) in [4.78, 5) is 41.6. The summed E-state index contributed by atoms with van der Waals surface area (Å²) in [6.45, 7) is 0. The molecule has 0 bridgehead atoms. The quantitative estimate of drug-likeness (QED) is 0.584. The molecule has 2 aliphatic rings. The first kappa shape index (κ1) is 14.8. The number of thiol groups is 1. The van der Waals surface area contributed by atoms with Crippen molar-refractivity contribution in [3.8, 4) is 0 Å². The van der Waals surface area contributed by atoms with Crippen molar-refractivity contribution in [2.24, 2.45) is 0 Å². The molecule has 0 spiro atoms. The van der Waals surface area contributed by atoms with E-state index in [1.807, 2.05) is 0 Å².